The molecule has 2 atom stereocenters. The summed E-state index contributed by atoms with van der Waals surface area (Å²) in [6, 6.07) is 1.30. The molecular weight excluding hydrogens is 422 g/mol. The van der Waals surface area contributed by atoms with Crippen LogP contribution in [0.5, 0.6) is 0 Å². The largest absolute Gasteiger partial charge is 0.434 e. The zero-order valence-corrected chi connectivity index (χ0v) is 15.4. The highest BCUT2D eigenvalue weighted by Gasteiger charge is 2.42. The van der Waals surface area contributed by atoms with Gasteiger partial charge in [0.2, 0.25) is 0 Å². The van der Waals surface area contributed by atoms with Crippen molar-refractivity contribution >= 4 is 5.91 Å². The molecule has 1 saturated heterocycles. The fraction of sp³-hybridized carbons (Fsp3) is 0.471. The van der Waals surface area contributed by atoms with Gasteiger partial charge < -0.3 is 14.7 Å². The molecule has 3 heterocycles. The highest BCUT2D eigenvalue weighted by Crippen LogP contribution is 2.35. The molecule has 30 heavy (non-hydrogen) atoms. The van der Waals surface area contributed by atoms with Crippen LogP contribution in [-0.2, 0) is 17.1 Å². The van der Waals surface area contributed by atoms with Gasteiger partial charge in [-0.05, 0) is 19.1 Å². The maximum Gasteiger partial charge on any atom is 0.434 e. The lowest BCUT2D eigenvalue weighted by atomic mass is 10.1. The molecule has 0 aliphatic carbocycles. The molecule has 0 bridgehead atoms. The number of halogens is 6. The van der Waals surface area contributed by atoms with Gasteiger partial charge in [0.1, 0.15) is 0 Å². The molecule has 2 aromatic heterocycles. The Kier molecular flexibility index (Phi) is 5.78. The van der Waals surface area contributed by atoms with Crippen LogP contribution < -0.4 is 0 Å². The first-order valence-electron chi connectivity index (χ1n) is 8.66. The Hall–Kier alpha value is -2.67. The molecule has 1 aliphatic heterocycles. The van der Waals surface area contributed by atoms with Crippen LogP contribution in [0.25, 0.3) is 5.82 Å². The lowest BCUT2D eigenvalue weighted by molar-refractivity contribution is -0.143. The maximum atomic E-state index is 13.7. The molecule has 2 aromatic rings. The summed E-state index contributed by atoms with van der Waals surface area (Å²) in [5.74, 6) is -1.52. The van der Waals surface area contributed by atoms with Crippen LogP contribution in [0.2, 0.25) is 0 Å². The standard InChI is InChI=1S/C17H16F6N4O3/c1-9-6-26(7-11(8-28)30-9)15(29)12-5-25-27(14(12)17(21,22)23)13-3-2-10(4-24-13)16(18,19)20/h2-5,9,11,28H,6-8H2,1H3. The highest BCUT2D eigenvalue weighted by atomic mass is 19.4. The molecule has 13 heteroatoms. The molecule has 164 valence electrons. The number of alkyl halides is 6. The first kappa shape index (κ1) is 22.0. The van der Waals surface area contributed by atoms with E-state index in [0.717, 1.165) is 11.0 Å². The predicted molar refractivity (Wildman–Crippen MR) is 88.7 cm³/mol. The number of pyridine rings is 1. The summed E-state index contributed by atoms with van der Waals surface area (Å²) in [6.45, 7) is 1.05. The summed E-state index contributed by atoms with van der Waals surface area (Å²) in [5, 5.41) is 12.8. The number of ether oxygens (including phenoxy) is 1. The number of hydrogen-bond acceptors (Lipinski definition) is 5. The van der Waals surface area contributed by atoms with Crippen LogP contribution in [-0.4, -0.2) is 62.6 Å². The van der Waals surface area contributed by atoms with E-state index in [1.54, 1.807) is 6.92 Å². The average molecular weight is 438 g/mol. The summed E-state index contributed by atoms with van der Waals surface area (Å²) < 4.78 is 84.9. The van der Waals surface area contributed by atoms with E-state index in [1.807, 2.05) is 0 Å². The summed E-state index contributed by atoms with van der Waals surface area (Å²) >= 11 is 0. The minimum Gasteiger partial charge on any atom is -0.394 e. The first-order valence-corrected chi connectivity index (χ1v) is 8.66. The number of carbonyl (C=O) groups excluding carboxylic acids is 1. The van der Waals surface area contributed by atoms with Gasteiger partial charge in [-0.25, -0.2) is 9.67 Å². The molecule has 3 rings (SSSR count). The Bertz CT molecular complexity index is 910. The Morgan fingerprint density at radius 1 is 1.17 bits per heavy atom. The van der Waals surface area contributed by atoms with E-state index in [-0.39, 0.29) is 17.8 Å². The van der Waals surface area contributed by atoms with Gasteiger partial charge >= 0.3 is 12.4 Å². The topological polar surface area (TPSA) is 80.5 Å². The van der Waals surface area contributed by atoms with Crippen molar-refractivity contribution in [3.05, 3.63) is 41.3 Å². The summed E-state index contributed by atoms with van der Waals surface area (Å²) in [7, 11) is 0. The van der Waals surface area contributed by atoms with Crippen LogP contribution in [0.15, 0.2) is 24.5 Å². The molecule has 1 amide bonds. The number of rotatable bonds is 3. The molecule has 7 nitrogen and oxygen atoms in total. The van der Waals surface area contributed by atoms with Crippen molar-refractivity contribution in [3.63, 3.8) is 0 Å². The van der Waals surface area contributed by atoms with Gasteiger partial charge in [0, 0.05) is 19.3 Å². The van der Waals surface area contributed by atoms with Crippen LogP contribution >= 0.6 is 0 Å². The second-order valence-corrected chi connectivity index (χ2v) is 6.68. The van der Waals surface area contributed by atoms with Crippen LogP contribution in [0.4, 0.5) is 26.3 Å². The van der Waals surface area contributed by atoms with Gasteiger partial charge in [-0.2, -0.15) is 31.4 Å². The second-order valence-electron chi connectivity index (χ2n) is 6.68. The third kappa shape index (κ3) is 4.41. The molecule has 1 fully saturated rings. The predicted octanol–water partition coefficient (Wildman–Crippen LogP) is 2.53. The fourth-order valence-electron chi connectivity index (χ4n) is 3.11. The summed E-state index contributed by atoms with van der Waals surface area (Å²) in [6.07, 6.45) is -9.94. The molecule has 0 aromatic carbocycles. The summed E-state index contributed by atoms with van der Waals surface area (Å²) in [4.78, 5) is 17.3. The third-order valence-electron chi connectivity index (χ3n) is 4.38. The molecular formula is C17H16F6N4O3. The van der Waals surface area contributed by atoms with E-state index in [1.165, 1.54) is 0 Å². The van der Waals surface area contributed by atoms with Gasteiger partial charge in [0.05, 0.1) is 36.1 Å². The van der Waals surface area contributed by atoms with Crippen LogP contribution in [0.3, 0.4) is 0 Å². The lowest BCUT2D eigenvalue weighted by Crippen LogP contribution is -2.50. The van der Waals surface area contributed by atoms with E-state index in [2.05, 4.69) is 10.1 Å². The monoisotopic (exact) mass is 438 g/mol. The number of aromatic nitrogens is 3. The average Bonchev–Trinajstić information content (AvgIpc) is 3.12. The highest BCUT2D eigenvalue weighted by molar-refractivity contribution is 5.95. The molecule has 1 N–H and O–H groups in total. The normalized spacial score (nSPS) is 20.5. The Morgan fingerprint density at radius 3 is 2.40 bits per heavy atom. The number of carbonyl (C=O) groups is 1. The second kappa shape index (κ2) is 7.87. The number of nitrogens with zero attached hydrogens (tertiary/aromatic N) is 4. The van der Waals surface area contributed by atoms with Gasteiger partial charge in [-0.15, -0.1) is 0 Å². The van der Waals surface area contributed by atoms with E-state index < -0.39 is 59.7 Å². The Morgan fingerprint density at radius 2 is 1.87 bits per heavy atom. The Labute approximate surface area is 165 Å². The van der Waals surface area contributed by atoms with Crippen molar-refractivity contribution in [1.29, 1.82) is 0 Å². The molecule has 1 aliphatic rings. The zero-order valence-electron chi connectivity index (χ0n) is 15.4. The molecule has 2 unspecified atom stereocenters. The van der Waals surface area contributed by atoms with Crippen molar-refractivity contribution in [1.82, 2.24) is 19.7 Å². The van der Waals surface area contributed by atoms with Crippen molar-refractivity contribution in [2.75, 3.05) is 19.7 Å². The van der Waals surface area contributed by atoms with Gasteiger partial charge in [0.25, 0.3) is 5.91 Å². The molecule has 0 saturated carbocycles. The van der Waals surface area contributed by atoms with Gasteiger partial charge in [-0.1, -0.05) is 0 Å². The fourth-order valence-corrected chi connectivity index (χ4v) is 3.11. The van der Waals surface area contributed by atoms with Crippen LogP contribution in [0, 0.1) is 0 Å². The number of aliphatic hydroxyl groups excluding tert-OH is 1. The number of hydrogen-bond donors (Lipinski definition) is 1. The number of amides is 1. The third-order valence-corrected chi connectivity index (χ3v) is 4.38. The number of aliphatic hydroxyl groups is 1. The van der Waals surface area contributed by atoms with Crippen molar-refractivity contribution in [3.8, 4) is 5.82 Å². The van der Waals surface area contributed by atoms with Crippen molar-refractivity contribution in [2.45, 2.75) is 31.5 Å². The smallest absolute Gasteiger partial charge is 0.394 e. The first-order chi connectivity index (χ1) is 13.9. The SMILES string of the molecule is CC1CN(C(=O)c2cnn(-c3ccc(C(F)(F)F)cn3)c2C(F)(F)F)CC(CO)O1. The van der Waals surface area contributed by atoms with E-state index in [9.17, 15) is 36.2 Å². The quantitative estimate of drug-likeness (QED) is 0.746. The van der Waals surface area contributed by atoms with Crippen molar-refractivity contribution in [2.24, 2.45) is 0 Å². The lowest BCUT2D eigenvalue weighted by Gasteiger charge is -2.36. The minimum absolute atomic E-state index is 0.00363. The van der Waals surface area contributed by atoms with Gasteiger partial charge in [-0.3, -0.25) is 4.79 Å². The zero-order chi connectivity index (χ0) is 22.3. The van der Waals surface area contributed by atoms with E-state index in [4.69, 9.17) is 4.74 Å². The van der Waals surface area contributed by atoms with E-state index in [0.29, 0.717) is 18.5 Å². The number of morpholine rings is 1. The minimum atomic E-state index is -5.04. The maximum absolute atomic E-state index is 13.7. The molecule has 0 spiro atoms. The van der Waals surface area contributed by atoms with Crippen LogP contribution in [0.1, 0.15) is 28.5 Å². The van der Waals surface area contributed by atoms with E-state index >= 15 is 0 Å². The Balaban J connectivity index is 1.99. The van der Waals surface area contributed by atoms with Gasteiger partial charge in [0.15, 0.2) is 11.5 Å². The summed E-state index contributed by atoms with van der Waals surface area (Å²) in [5.41, 5.74) is -3.38. The van der Waals surface area contributed by atoms with Crippen molar-refractivity contribution < 1.29 is 41.0 Å². The molecule has 0 radical (unpaired) electrons.